The maximum atomic E-state index is 12.9. The number of thiocarbonyl (C=S) groups is 1. The van der Waals surface area contributed by atoms with E-state index in [1.54, 1.807) is 0 Å². The fourth-order valence-electron chi connectivity index (χ4n) is 4.46. The van der Waals surface area contributed by atoms with Gasteiger partial charge in [0.1, 0.15) is 0 Å². The molecule has 0 unspecified atom stereocenters. The van der Waals surface area contributed by atoms with Gasteiger partial charge in [0.05, 0.1) is 18.2 Å². The van der Waals surface area contributed by atoms with Crippen LogP contribution in [-0.4, -0.2) is 65.3 Å². The van der Waals surface area contributed by atoms with Crippen LogP contribution in [0.15, 0.2) is 23.0 Å². The largest absolute Gasteiger partial charge is 0.376 e. The highest BCUT2D eigenvalue weighted by atomic mass is 32.1. The second-order valence-corrected chi connectivity index (χ2v) is 9.18. The standard InChI is InChI=1S/C25H38N4O2S/c1-5-28(6-2)11-8-10-26-25(32)29(17-22-9-7-12-31-22)16-21-15-20-14-18(3)13-19(4)23(20)27-24(21)30/h13-15,22H,5-12,16-17H2,1-4H3,(H,26,32)(H,27,30)/t22-/m1/s1. The van der Waals surface area contributed by atoms with Crippen molar-refractivity contribution in [3.05, 3.63) is 45.2 Å². The molecule has 0 aliphatic carbocycles. The maximum Gasteiger partial charge on any atom is 0.253 e. The zero-order valence-electron chi connectivity index (χ0n) is 20.0. The minimum Gasteiger partial charge on any atom is -0.376 e. The van der Waals surface area contributed by atoms with Gasteiger partial charge in [0.15, 0.2) is 5.11 Å². The molecule has 0 saturated carbocycles. The molecule has 6 nitrogen and oxygen atoms in total. The third-order valence-corrected chi connectivity index (χ3v) is 6.69. The first-order valence-corrected chi connectivity index (χ1v) is 12.3. The molecule has 1 saturated heterocycles. The van der Waals surface area contributed by atoms with Gasteiger partial charge in [0.25, 0.3) is 5.56 Å². The summed E-state index contributed by atoms with van der Waals surface area (Å²) in [5.41, 5.74) is 3.87. The molecule has 1 aliphatic rings. The Kier molecular flexibility index (Phi) is 9.08. The summed E-state index contributed by atoms with van der Waals surface area (Å²) in [6.45, 7) is 14.5. The Bertz CT molecular complexity index is 964. The second kappa shape index (κ2) is 11.8. The lowest BCUT2D eigenvalue weighted by Gasteiger charge is -2.28. The highest BCUT2D eigenvalue weighted by Gasteiger charge is 2.22. The van der Waals surface area contributed by atoms with E-state index in [9.17, 15) is 4.79 Å². The van der Waals surface area contributed by atoms with Crippen LogP contribution < -0.4 is 10.9 Å². The number of aromatic amines is 1. The molecule has 176 valence electrons. The van der Waals surface area contributed by atoms with Crippen LogP contribution in [0.25, 0.3) is 10.9 Å². The van der Waals surface area contributed by atoms with E-state index >= 15 is 0 Å². The minimum absolute atomic E-state index is 0.0499. The van der Waals surface area contributed by atoms with Crippen molar-refractivity contribution in [2.75, 3.05) is 39.3 Å². The van der Waals surface area contributed by atoms with Crippen LogP contribution in [0.1, 0.15) is 49.8 Å². The third-order valence-electron chi connectivity index (χ3n) is 6.29. The van der Waals surface area contributed by atoms with Gasteiger partial charge in [-0.25, -0.2) is 0 Å². The monoisotopic (exact) mass is 458 g/mol. The van der Waals surface area contributed by atoms with E-state index in [0.29, 0.717) is 18.2 Å². The van der Waals surface area contributed by atoms with Crippen LogP contribution in [0, 0.1) is 13.8 Å². The van der Waals surface area contributed by atoms with Gasteiger partial charge >= 0.3 is 0 Å². The van der Waals surface area contributed by atoms with Crippen LogP contribution in [0.5, 0.6) is 0 Å². The number of nitrogens with zero attached hydrogens (tertiary/aromatic N) is 2. The number of rotatable bonds is 10. The summed E-state index contributed by atoms with van der Waals surface area (Å²) in [6, 6.07) is 6.23. The van der Waals surface area contributed by atoms with Crippen LogP contribution >= 0.6 is 12.2 Å². The Labute approximate surface area is 197 Å². The van der Waals surface area contributed by atoms with Crippen LogP contribution in [-0.2, 0) is 11.3 Å². The molecule has 1 aliphatic heterocycles. The Morgan fingerprint density at radius 3 is 2.72 bits per heavy atom. The van der Waals surface area contributed by atoms with Crippen LogP contribution in [0.4, 0.5) is 0 Å². The molecule has 3 rings (SSSR count). The number of aryl methyl sites for hydroxylation is 2. The molecule has 32 heavy (non-hydrogen) atoms. The van der Waals surface area contributed by atoms with Gasteiger partial charge in [-0.05, 0) is 88.0 Å². The van der Waals surface area contributed by atoms with Crippen molar-refractivity contribution in [3.8, 4) is 0 Å². The van der Waals surface area contributed by atoms with Crippen molar-refractivity contribution in [2.24, 2.45) is 0 Å². The average molecular weight is 459 g/mol. The van der Waals surface area contributed by atoms with E-state index in [-0.39, 0.29) is 11.7 Å². The molecule has 2 heterocycles. The highest BCUT2D eigenvalue weighted by Crippen LogP contribution is 2.19. The number of benzene rings is 1. The molecule has 1 fully saturated rings. The molecule has 7 heteroatoms. The Hall–Kier alpha value is -1.96. The SMILES string of the molecule is CCN(CC)CCCNC(=S)N(Cc1cc2cc(C)cc(C)c2[nH]c1=O)C[C@H]1CCCO1. The molecule has 1 aromatic heterocycles. The van der Waals surface area contributed by atoms with Crippen molar-refractivity contribution in [1.82, 2.24) is 20.1 Å². The maximum absolute atomic E-state index is 12.9. The number of pyridine rings is 1. The van der Waals surface area contributed by atoms with E-state index in [2.05, 4.69) is 53.0 Å². The van der Waals surface area contributed by atoms with E-state index in [4.69, 9.17) is 17.0 Å². The lowest BCUT2D eigenvalue weighted by Crippen LogP contribution is -2.44. The fourth-order valence-corrected chi connectivity index (χ4v) is 4.70. The lowest BCUT2D eigenvalue weighted by atomic mass is 10.1. The predicted octanol–water partition coefficient (Wildman–Crippen LogP) is 3.73. The minimum atomic E-state index is -0.0499. The van der Waals surface area contributed by atoms with Crippen LogP contribution in [0.2, 0.25) is 0 Å². The van der Waals surface area contributed by atoms with Gasteiger partial charge in [0.2, 0.25) is 0 Å². The van der Waals surface area contributed by atoms with Crippen molar-refractivity contribution in [1.29, 1.82) is 0 Å². The van der Waals surface area contributed by atoms with E-state index < -0.39 is 0 Å². The summed E-state index contributed by atoms with van der Waals surface area (Å²) in [5.74, 6) is 0. The van der Waals surface area contributed by atoms with Crippen molar-refractivity contribution in [3.63, 3.8) is 0 Å². The highest BCUT2D eigenvalue weighted by molar-refractivity contribution is 7.80. The number of nitrogens with one attached hydrogen (secondary N) is 2. The molecule has 2 N–H and O–H groups in total. The number of ether oxygens (including phenoxy) is 1. The van der Waals surface area contributed by atoms with Crippen molar-refractivity contribution >= 4 is 28.2 Å². The second-order valence-electron chi connectivity index (χ2n) is 8.80. The molecule has 1 atom stereocenters. The normalized spacial score (nSPS) is 16.1. The third kappa shape index (κ3) is 6.53. The number of H-pyrrole nitrogens is 1. The molecule has 0 radical (unpaired) electrons. The topological polar surface area (TPSA) is 60.6 Å². The summed E-state index contributed by atoms with van der Waals surface area (Å²) in [6.07, 6.45) is 3.31. The Morgan fingerprint density at radius 1 is 1.25 bits per heavy atom. The zero-order chi connectivity index (χ0) is 23.1. The summed E-state index contributed by atoms with van der Waals surface area (Å²) in [4.78, 5) is 20.5. The molecule has 2 aromatic rings. The van der Waals surface area contributed by atoms with Gasteiger partial charge in [0, 0.05) is 25.3 Å². The van der Waals surface area contributed by atoms with E-state index in [1.165, 1.54) is 5.56 Å². The fraction of sp³-hybridized carbons (Fsp3) is 0.600. The summed E-state index contributed by atoms with van der Waals surface area (Å²) >= 11 is 5.76. The molecule has 0 amide bonds. The first kappa shape index (κ1) is 24.7. The average Bonchev–Trinajstić information content (AvgIpc) is 3.27. The number of fused-ring (bicyclic) bond motifs is 1. The first-order chi connectivity index (χ1) is 15.4. The number of aromatic nitrogens is 1. The smallest absolute Gasteiger partial charge is 0.253 e. The molecular formula is C25H38N4O2S. The number of hydrogen-bond donors (Lipinski definition) is 2. The first-order valence-electron chi connectivity index (χ1n) is 11.9. The predicted molar refractivity (Wildman–Crippen MR) is 136 cm³/mol. The van der Waals surface area contributed by atoms with E-state index in [1.807, 2.05) is 13.0 Å². The van der Waals surface area contributed by atoms with Crippen molar-refractivity contribution < 1.29 is 4.74 Å². The molecular weight excluding hydrogens is 420 g/mol. The summed E-state index contributed by atoms with van der Waals surface area (Å²) in [7, 11) is 0. The molecule has 1 aromatic carbocycles. The zero-order valence-corrected chi connectivity index (χ0v) is 20.8. The van der Waals surface area contributed by atoms with Gasteiger partial charge < -0.3 is 24.8 Å². The van der Waals surface area contributed by atoms with E-state index in [0.717, 1.165) is 74.1 Å². The van der Waals surface area contributed by atoms with Crippen molar-refractivity contribution in [2.45, 2.75) is 59.6 Å². The molecule has 0 bridgehead atoms. The van der Waals surface area contributed by atoms with Gasteiger partial charge in [-0.2, -0.15) is 0 Å². The van der Waals surface area contributed by atoms with Crippen LogP contribution in [0.3, 0.4) is 0 Å². The van der Waals surface area contributed by atoms with Gasteiger partial charge in [-0.3, -0.25) is 4.79 Å². The lowest BCUT2D eigenvalue weighted by molar-refractivity contribution is 0.0896. The molecule has 0 spiro atoms. The Balaban J connectivity index is 1.73. The summed E-state index contributed by atoms with van der Waals surface area (Å²) in [5, 5.41) is 5.17. The quantitative estimate of drug-likeness (QED) is 0.418. The number of hydrogen-bond acceptors (Lipinski definition) is 4. The van der Waals surface area contributed by atoms with Gasteiger partial charge in [-0.15, -0.1) is 0 Å². The van der Waals surface area contributed by atoms with Gasteiger partial charge in [-0.1, -0.05) is 25.5 Å². The Morgan fingerprint density at radius 2 is 2.03 bits per heavy atom. The summed E-state index contributed by atoms with van der Waals surface area (Å²) < 4.78 is 5.87.